The summed E-state index contributed by atoms with van der Waals surface area (Å²) < 4.78 is 39.5. The van der Waals surface area contributed by atoms with Gasteiger partial charge < -0.3 is 0 Å². The zero-order valence-electron chi connectivity index (χ0n) is 10.9. The van der Waals surface area contributed by atoms with Gasteiger partial charge in [0.05, 0.1) is 11.0 Å². The number of hydrogen-bond acceptors (Lipinski definition) is 5. The van der Waals surface area contributed by atoms with Crippen molar-refractivity contribution in [1.29, 1.82) is 5.26 Å². The second-order valence-electron chi connectivity index (χ2n) is 4.68. The highest BCUT2D eigenvalue weighted by molar-refractivity contribution is 7.89. The monoisotopic (exact) mass is 313 g/mol. The van der Waals surface area contributed by atoms with E-state index in [-0.39, 0.29) is 19.0 Å². The van der Waals surface area contributed by atoms with Crippen molar-refractivity contribution >= 4 is 15.7 Å². The van der Waals surface area contributed by atoms with Gasteiger partial charge in [-0.15, -0.1) is 0 Å². The molecule has 1 aliphatic rings. The molecule has 0 aromatic heterocycles. The molecule has 0 aliphatic carbocycles. The minimum atomic E-state index is -4.14. The lowest BCUT2D eigenvalue weighted by molar-refractivity contribution is -0.385. The quantitative estimate of drug-likeness (QED) is 0.623. The second-order valence-corrected chi connectivity index (χ2v) is 6.59. The van der Waals surface area contributed by atoms with Crippen LogP contribution in [0.2, 0.25) is 0 Å². The van der Waals surface area contributed by atoms with E-state index >= 15 is 0 Å². The summed E-state index contributed by atoms with van der Waals surface area (Å²) in [4.78, 5) is 9.21. The smallest absolute Gasteiger partial charge is 0.258 e. The Balaban J connectivity index is 2.34. The zero-order valence-corrected chi connectivity index (χ0v) is 11.7. The molecule has 0 unspecified atom stereocenters. The maximum Gasteiger partial charge on any atom is 0.270 e. The molecular formula is C12H12FN3O4S. The Hall–Kier alpha value is -2.05. The minimum absolute atomic E-state index is 0.0999. The highest BCUT2D eigenvalue weighted by atomic mass is 32.2. The standard InChI is InChI=1S/C12H12FN3O4S/c13-11-2-1-10(16(17)18)7-12(11)21(19,20)15-5-3-9(8-14)4-6-15/h1-2,7,9H,3-6H2. The topological polar surface area (TPSA) is 104 Å². The first-order chi connectivity index (χ1) is 9.86. The predicted octanol–water partition coefficient (Wildman–Crippen LogP) is 1.66. The van der Waals surface area contributed by atoms with Crippen LogP contribution in [0.15, 0.2) is 23.1 Å². The van der Waals surface area contributed by atoms with Crippen molar-refractivity contribution in [3.8, 4) is 6.07 Å². The highest BCUT2D eigenvalue weighted by Gasteiger charge is 2.32. The second kappa shape index (κ2) is 5.75. The third-order valence-corrected chi connectivity index (χ3v) is 5.29. The Labute approximate surface area is 120 Å². The number of nitriles is 1. The molecule has 21 heavy (non-hydrogen) atoms. The van der Waals surface area contributed by atoms with Crippen LogP contribution in [-0.4, -0.2) is 30.7 Å². The number of benzene rings is 1. The van der Waals surface area contributed by atoms with E-state index in [2.05, 4.69) is 6.07 Å². The van der Waals surface area contributed by atoms with Crippen molar-refractivity contribution < 1.29 is 17.7 Å². The molecule has 1 aromatic carbocycles. The molecule has 0 atom stereocenters. The number of rotatable bonds is 3. The summed E-state index contributed by atoms with van der Waals surface area (Å²) in [5.41, 5.74) is -0.484. The van der Waals surface area contributed by atoms with Gasteiger partial charge in [-0.05, 0) is 18.9 Å². The molecule has 1 aromatic rings. The molecule has 0 amide bonds. The number of sulfonamides is 1. The summed E-state index contributed by atoms with van der Waals surface area (Å²) in [6, 6.07) is 4.47. The van der Waals surface area contributed by atoms with Gasteiger partial charge in [-0.2, -0.15) is 9.57 Å². The van der Waals surface area contributed by atoms with Gasteiger partial charge in [0.15, 0.2) is 0 Å². The van der Waals surface area contributed by atoms with Gasteiger partial charge in [0.1, 0.15) is 10.7 Å². The molecular weight excluding hydrogens is 301 g/mol. The van der Waals surface area contributed by atoms with E-state index in [1.165, 1.54) is 0 Å². The summed E-state index contributed by atoms with van der Waals surface area (Å²) >= 11 is 0. The molecule has 2 rings (SSSR count). The van der Waals surface area contributed by atoms with E-state index in [9.17, 15) is 22.9 Å². The van der Waals surface area contributed by atoms with Crippen LogP contribution in [0.25, 0.3) is 0 Å². The van der Waals surface area contributed by atoms with E-state index < -0.39 is 31.3 Å². The van der Waals surface area contributed by atoms with E-state index in [1.807, 2.05) is 0 Å². The van der Waals surface area contributed by atoms with E-state index in [0.29, 0.717) is 12.8 Å². The summed E-state index contributed by atoms with van der Waals surface area (Å²) in [5.74, 6) is -1.24. The summed E-state index contributed by atoms with van der Waals surface area (Å²) in [6.07, 6.45) is 0.735. The van der Waals surface area contributed by atoms with Crippen LogP contribution < -0.4 is 0 Å². The number of nitro benzene ring substituents is 1. The van der Waals surface area contributed by atoms with Crippen molar-refractivity contribution in [2.75, 3.05) is 13.1 Å². The van der Waals surface area contributed by atoms with Crippen LogP contribution >= 0.6 is 0 Å². The fourth-order valence-electron chi connectivity index (χ4n) is 2.17. The number of nitrogens with zero attached hydrogens (tertiary/aromatic N) is 3. The maximum absolute atomic E-state index is 13.7. The Bertz CT molecular complexity index is 706. The van der Waals surface area contributed by atoms with Crippen molar-refractivity contribution in [1.82, 2.24) is 4.31 Å². The Morgan fingerprint density at radius 2 is 2.00 bits per heavy atom. The molecule has 0 spiro atoms. The largest absolute Gasteiger partial charge is 0.270 e. The van der Waals surface area contributed by atoms with E-state index in [4.69, 9.17) is 5.26 Å². The minimum Gasteiger partial charge on any atom is -0.258 e. The molecule has 1 aliphatic heterocycles. The van der Waals surface area contributed by atoms with Crippen LogP contribution in [0.3, 0.4) is 0 Å². The van der Waals surface area contributed by atoms with Crippen LogP contribution in [0.1, 0.15) is 12.8 Å². The Kier molecular flexibility index (Phi) is 4.20. The predicted molar refractivity (Wildman–Crippen MR) is 70.2 cm³/mol. The van der Waals surface area contributed by atoms with Gasteiger partial charge in [-0.1, -0.05) is 0 Å². The van der Waals surface area contributed by atoms with Crippen LogP contribution in [0, 0.1) is 33.2 Å². The van der Waals surface area contributed by atoms with Crippen LogP contribution in [0.4, 0.5) is 10.1 Å². The van der Waals surface area contributed by atoms with Gasteiger partial charge in [-0.25, -0.2) is 12.8 Å². The first kappa shape index (κ1) is 15.3. The highest BCUT2D eigenvalue weighted by Crippen LogP contribution is 2.27. The molecule has 0 bridgehead atoms. The van der Waals surface area contributed by atoms with Crippen LogP contribution in [0.5, 0.6) is 0 Å². The van der Waals surface area contributed by atoms with Crippen molar-refractivity contribution in [2.24, 2.45) is 5.92 Å². The third-order valence-electron chi connectivity index (χ3n) is 3.38. The lowest BCUT2D eigenvalue weighted by Crippen LogP contribution is -2.38. The van der Waals surface area contributed by atoms with Gasteiger partial charge in [-0.3, -0.25) is 10.1 Å². The molecule has 0 saturated carbocycles. The molecule has 1 fully saturated rings. The lowest BCUT2D eigenvalue weighted by atomic mass is 10.0. The zero-order chi connectivity index (χ0) is 15.6. The molecule has 1 saturated heterocycles. The molecule has 7 nitrogen and oxygen atoms in total. The average molecular weight is 313 g/mol. The van der Waals surface area contributed by atoms with Gasteiger partial charge in [0.2, 0.25) is 10.0 Å². The fourth-order valence-corrected chi connectivity index (χ4v) is 3.72. The van der Waals surface area contributed by atoms with Gasteiger partial charge in [0.25, 0.3) is 5.69 Å². The lowest BCUT2D eigenvalue weighted by Gasteiger charge is -2.28. The normalized spacial score (nSPS) is 17.3. The Morgan fingerprint density at radius 3 is 2.52 bits per heavy atom. The average Bonchev–Trinajstić information content (AvgIpc) is 2.47. The SMILES string of the molecule is N#CC1CCN(S(=O)(=O)c2cc([N+](=O)[O-])ccc2F)CC1. The molecule has 1 heterocycles. The number of non-ortho nitro benzene ring substituents is 1. The van der Waals surface area contributed by atoms with Crippen molar-refractivity contribution in [3.63, 3.8) is 0 Å². The number of hydrogen-bond donors (Lipinski definition) is 0. The van der Waals surface area contributed by atoms with E-state index in [1.54, 1.807) is 0 Å². The molecule has 0 N–H and O–H groups in total. The van der Waals surface area contributed by atoms with Crippen molar-refractivity contribution in [2.45, 2.75) is 17.7 Å². The number of piperidine rings is 1. The summed E-state index contributed by atoms with van der Waals surface area (Å²) in [5, 5.41) is 19.5. The maximum atomic E-state index is 13.7. The first-order valence-corrected chi connectivity index (χ1v) is 7.64. The molecule has 9 heteroatoms. The third kappa shape index (κ3) is 3.01. The number of halogens is 1. The van der Waals surface area contributed by atoms with Crippen molar-refractivity contribution in [3.05, 3.63) is 34.1 Å². The fraction of sp³-hybridized carbons (Fsp3) is 0.417. The summed E-state index contributed by atoms with van der Waals surface area (Å²) in [7, 11) is -4.14. The molecule has 112 valence electrons. The number of nitro groups is 1. The first-order valence-electron chi connectivity index (χ1n) is 6.20. The Morgan fingerprint density at radius 1 is 1.38 bits per heavy atom. The van der Waals surface area contributed by atoms with Gasteiger partial charge in [0, 0.05) is 31.1 Å². The van der Waals surface area contributed by atoms with Crippen LogP contribution in [-0.2, 0) is 10.0 Å². The van der Waals surface area contributed by atoms with Gasteiger partial charge >= 0.3 is 0 Å². The summed E-state index contributed by atoms with van der Waals surface area (Å²) in [6.45, 7) is 0.200. The van der Waals surface area contributed by atoms with E-state index in [0.717, 1.165) is 22.5 Å². The molecule has 0 radical (unpaired) electrons.